The lowest BCUT2D eigenvalue weighted by Gasteiger charge is -2.07. The number of Topliss-reactive ketones (excluding diaryl/α,β-unsaturated/α-hetero) is 1. The van der Waals surface area contributed by atoms with Crippen molar-refractivity contribution in [2.24, 2.45) is 0 Å². The van der Waals surface area contributed by atoms with Crippen LogP contribution in [0.25, 0.3) is 0 Å². The zero-order valence-corrected chi connectivity index (χ0v) is 14.5. The number of esters is 1. The van der Waals surface area contributed by atoms with Crippen molar-refractivity contribution in [3.05, 3.63) is 0 Å². The highest BCUT2D eigenvalue weighted by Gasteiger charge is 2.15. The summed E-state index contributed by atoms with van der Waals surface area (Å²) in [4.78, 5) is 50.6. The van der Waals surface area contributed by atoms with E-state index >= 15 is 0 Å². The van der Waals surface area contributed by atoms with Crippen LogP contribution in [0.3, 0.4) is 0 Å². The molecule has 0 unspecified atom stereocenters. The summed E-state index contributed by atoms with van der Waals surface area (Å²) in [6, 6.07) is 0. The lowest BCUT2D eigenvalue weighted by atomic mass is 10.2. The number of hydrogen-bond acceptors (Lipinski definition) is 7. The molecule has 0 saturated carbocycles. The van der Waals surface area contributed by atoms with Crippen molar-refractivity contribution in [1.82, 2.24) is 5.32 Å². The molecular weight excluding hydrogens is 345 g/mol. The van der Waals surface area contributed by atoms with Crippen LogP contribution in [0.1, 0.15) is 45.4 Å². The maximum atomic E-state index is 11.5. The number of unbranched alkanes of at least 4 members (excludes halogenated alkanes) is 3. The van der Waals surface area contributed by atoms with Crippen LogP contribution in [0.15, 0.2) is 0 Å². The molecule has 0 aliphatic carbocycles. The minimum Gasteiger partial charge on any atom is -0.466 e. The SMILES string of the molecule is CCCCCCOC(=O)CCC(=O)CNC(=O)OCOP(=O)(O)O. The van der Waals surface area contributed by atoms with Gasteiger partial charge in [-0.3, -0.25) is 9.59 Å². The molecule has 0 rings (SSSR count). The van der Waals surface area contributed by atoms with Crippen LogP contribution >= 0.6 is 7.82 Å². The van der Waals surface area contributed by atoms with Crippen LogP contribution in [0.2, 0.25) is 0 Å². The first-order valence-electron chi connectivity index (χ1n) is 7.52. The Morgan fingerprint density at radius 2 is 1.75 bits per heavy atom. The third-order valence-corrected chi connectivity index (χ3v) is 3.15. The van der Waals surface area contributed by atoms with E-state index in [2.05, 4.69) is 21.5 Å². The van der Waals surface area contributed by atoms with E-state index in [1.807, 2.05) is 0 Å². The molecule has 0 radical (unpaired) electrons. The largest absolute Gasteiger partial charge is 0.472 e. The minimum atomic E-state index is -4.72. The Labute approximate surface area is 140 Å². The standard InChI is InChI=1S/C13H24NO9P/c1-2-3-4-5-8-21-12(16)7-6-11(15)9-14-13(17)22-10-23-24(18,19)20/h2-10H2,1H3,(H,14,17)(H2,18,19,20). The van der Waals surface area contributed by atoms with E-state index in [-0.39, 0.29) is 19.4 Å². The fraction of sp³-hybridized carbons (Fsp3) is 0.769. The molecular formula is C13H24NO9P. The molecule has 0 aromatic carbocycles. The lowest BCUT2D eigenvalue weighted by Crippen LogP contribution is -2.30. The van der Waals surface area contributed by atoms with Crippen molar-refractivity contribution < 1.29 is 42.7 Å². The van der Waals surface area contributed by atoms with Gasteiger partial charge in [-0.1, -0.05) is 26.2 Å². The first-order valence-corrected chi connectivity index (χ1v) is 9.05. The summed E-state index contributed by atoms with van der Waals surface area (Å²) in [5.41, 5.74) is 0. The average Bonchev–Trinajstić information content (AvgIpc) is 2.49. The second kappa shape index (κ2) is 12.9. The highest BCUT2D eigenvalue weighted by atomic mass is 31.2. The average molecular weight is 369 g/mol. The summed E-state index contributed by atoms with van der Waals surface area (Å²) in [7, 11) is -4.72. The smallest absolute Gasteiger partial charge is 0.466 e. The monoisotopic (exact) mass is 369 g/mol. The van der Waals surface area contributed by atoms with E-state index in [4.69, 9.17) is 14.5 Å². The number of ketones is 1. The molecule has 0 aliphatic heterocycles. The van der Waals surface area contributed by atoms with Gasteiger partial charge in [-0.25, -0.2) is 13.9 Å². The van der Waals surface area contributed by atoms with Gasteiger partial charge in [-0.15, -0.1) is 0 Å². The first-order chi connectivity index (χ1) is 11.2. The van der Waals surface area contributed by atoms with Crippen molar-refractivity contribution >= 4 is 25.7 Å². The van der Waals surface area contributed by atoms with Crippen LogP contribution in [-0.4, -0.2) is 47.6 Å². The Morgan fingerprint density at radius 3 is 2.38 bits per heavy atom. The third kappa shape index (κ3) is 15.4. The molecule has 0 aromatic heterocycles. The second-order valence-corrected chi connectivity index (χ2v) is 6.08. The normalized spacial score (nSPS) is 11.0. The number of hydrogen-bond donors (Lipinski definition) is 3. The molecule has 0 aromatic rings. The topological polar surface area (TPSA) is 148 Å². The number of phosphoric ester groups is 1. The highest BCUT2D eigenvalue weighted by molar-refractivity contribution is 7.46. The predicted octanol–water partition coefficient (Wildman–Crippen LogP) is 1.25. The molecule has 11 heteroatoms. The van der Waals surface area contributed by atoms with E-state index < -0.39 is 32.5 Å². The maximum absolute atomic E-state index is 11.5. The lowest BCUT2D eigenvalue weighted by molar-refractivity contribution is -0.144. The van der Waals surface area contributed by atoms with Gasteiger partial charge in [0.05, 0.1) is 19.6 Å². The Bertz CT molecular complexity index is 449. The quantitative estimate of drug-likeness (QED) is 0.189. The molecule has 0 saturated heterocycles. The van der Waals surface area contributed by atoms with Gasteiger partial charge < -0.3 is 24.6 Å². The van der Waals surface area contributed by atoms with Crippen molar-refractivity contribution in [1.29, 1.82) is 0 Å². The van der Waals surface area contributed by atoms with Gasteiger partial charge in [-0.05, 0) is 6.42 Å². The van der Waals surface area contributed by atoms with Crippen molar-refractivity contribution in [2.75, 3.05) is 19.9 Å². The molecule has 0 atom stereocenters. The van der Waals surface area contributed by atoms with Gasteiger partial charge in [-0.2, -0.15) is 0 Å². The van der Waals surface area contributed by atoms with E-state index in [1.165, 1.54) is 0 Å². The van der Waals surface area contributed by atoms with Gasteiger partial charge in [0.25, 0.3) is 0 Å². The number of carbonyl (C=O) groups is 3. The zero-order chi connectivity index (χ0) is 18.4. The van der Waals surface area contributed by atoms with Crippen LogP contribution in [0, 0.1) is 0 Å². The molecule has 0 bridgehead atoms. The van der Waals surface area contributed by atoms with Gasteiger partial charge in [0.15, 0.2) is 5.78 Å². The Balaban J connectivity index is 3.66. The van der Waals surface area contributed by atoms with Gasteiger partial charge in [0.1, 0.15) is 0 Å². The van der Waals surface area contributed by atoms with Gasteiger partial charge >= 0.3 is 19.9 Å². The fourth-order valence-corrected chi connectivity index (χ4v) is 1.68. The highest BCUT2D eigenvalue weighted by Crippen LogP contribution is 2.35. The van der Waals surface area contributed by atoms with E-state index in [0.29, 0.717) is 6.61 Å². The summed E-state index contributed by atoms with van der Waals surface area (Å²) < 4.78 is 23.4. The summed E-state index contributed by atoms with van der Waals surface area (Å²) in [6.45, 7) is 1.08. The zero-order valence-electron chi connectivity index (χ0n) is 13.6. The number of carbonyl (C=O) groups excluding carboxylic acids is 3. The number of alkyl carbamates (subject to hydrolysis) is 1. The van der Waals surface area contributed by atoms with Crippen molar-refractivity contribution in [2.45, 2.75) is 45.4 Å². The molecule has 140 valence electrons. The molecule has 0 fully saturated rings. The maximum Gasteiger partial charge on any atom is 0.472 e. The summed E-state index contributed by atoms with van der Waals surface area (Å²) >= 11 is 0. The van der Waals surface area contributed by atoms with Crippen LogP contribution in [-0.2, 0) is 28.2 Å². The number of nitrogens with one attached hydrogen (secondary N) is 1. The fourth-order valence-electron chi connectivity index (χ4n) is 1.49. The molecule has 1 amide bonds. The number of rotatable bonds is 13. The first kappa shape index (κ1) is 22.5. The van der Waals surface area contributed by atoms with E-state index in [0.717, 1.165) is 25.7 Å². The second-order valence-electron chi connectivity index (χ2n) is 4.84. The minimum absolute atomic E-state index is 0.0787. The summed E-state index contributed by atoms with van der Waals surface area (Å²) in [5.74, 6) is -0.886. The molecule has 3 N–H and O–H groups in total. The number of ether oxygens (including phenoxy) is 2. The van der Waals surface area contributed by atoms with Crippen LogP contribution in [0.4, 0.5) is 4.79 Å². The van der Waals surface area contributed by atoms with Crippen molar-refractivity contribution in [3.63, 3.8) is 0 Å². The van der Waals surface area contributed by atoms with E-state index in [9.17, 15) is 18.9 Å². The van der Waals surface area contributed by atoms with Crippen LogP contribution < -0.4 is 5.32 Å². The number of amides is 1. The Hall–Kier alpha value is -1.48. The van der Waals surface area contributed by atoms with Gasteiger partial charge in [0, 0.05) is 6.42 Å². The third-order valence-electron chi connectivity index (χ3n) is 2.71. The van der Waals surface area contributed by atoms with Gasteiger partial charge in [0.2, 0.25) is 6.79 Å². The molecule has 10 nitrogen and oxygen atoms in total. The molecule has 0 aliphatic rings. The molecule has 0 heterocycles. The Kier molecular flexibility index (Phi) is 12.1. The number of phosphoric acid groups is 1. The summed E-state index contributed by atoms with van der Waals surface area (Å²) in [6.07, 6.45) is 2.70. The van der Waals surface area contributed by atoms with Crippen molar-refractivity contribution in [3.8, 4) is 0 Å². The van der Waals surface area contributed by atoms with Crippen LogP contribution in [0.5, 0.6) is 0 Å². The molecule has 0 spiro atoms. The summed E-state index contributed by atoms with van der Waals surface area (Å²) in [5, 5.41) is 2.06. The Morgan fingerprint density at radius 1 is 1.04 bits per heavy atom. The molecule has 24 heavy (non-hydrogen) atoms. The predicted molar refractivity (Wildman–Crippen MR) is 81.8 cm³/mol. The van der Waals surface area contributed by atoms with E-state index in [1.54, 1.807) is 0 Å².